The van der Waals surface area contributed by atoms with Crippen LogP contribution in [0.3, 0.4) is 0 Å². The fraction of sp³-hybridized carbons (Fsp3) is 0.452. The zero-order chi connectivity index (χ0) is 46.3. The summed E-state index contributed by atoms with van der Waals surface area (Å²) in [5.41, 5.74) is 18.4. The molecule has 0 saturated carbocycles. The zero-order valence-electron chi connectivity index (χ0n) is 42.5. The quantitative estimate of drug-likeness (QED) is 0.0850. The van der Waals surface area contributed by atoms with Crippen LogP contribution in [0.2, 0.25) is 0 Å². The molecule has 2 unspecified atom stereocenters. The van der Waals surface area contributed by atoms with Crippen molar-refractivity contribution in [2.45, 2.75) is 172 Å². The molecule has 0 amide bonds. The number of nitrogens with zero attached hydrogens (tertiary/aromatic N) is 2. The standard InChI is InChI=1S/C62H82N2/c1-15-19-21-47(17-3)37-49-39-56(63(53-29-23-43(5)24-30-53)54-33-27-51(28-34-54)61(9,10)11)41-58-50(38-48(18-4)22-20-16-2)40-57(42-59(49)58)64(55-31-25-44(6)26-32-55)60-45(7)35-52(36-46(60)8)62(12,13)14/h23-36,39-42,47-48H,15-22,37-38H2,1-14H3. The molecule has 2 nitrogen and oxygen atoms in total. The predicted octanol–water partition coefficient (Wildman–Crippen LogP) is 19.1. The van der Waals surface area contributed by atoms with Gasteiger partial charge in [-0.25, -0.2) is 0 Å². The van der Waals surface area contributed by atoms with Crippen molar-refractivity contribution in [3.63, 3.8) is 0 Å². The lowest BCUT2D eigenvalue weighted by atomic mass is 9.84. The van der Waals surface area contributed by atoms with Crippen LogP contribution in [0.15, 0.2) is 109 Å². The van der Waals surface area contributed by atoms with Gasteiger partial charge in [0.25, 0.3) is 0 Å². The Balaban J connectivity index is 1.71. The number of unbranched alkanes of at least 4 members (excludes halogenated alkanes) is 2. The van der Waals surface area contributed by atoms with E-state index in [9.17, 15) is 0 Å². The molecule has 2 heteroatoms. The lowest BCUT2D eigenvalue weighted by Gasteiger charge is -2.32. The molecule has 0 saturated heterocycles. The van der Waals surface area contributed by atoms with Gasteiger partial charge in [-0.2, -0.15) is 0 Å². The highest BCUT2D eigenvalue weighted by Gasteiger charge is 2.26. The molecule has 340 valence electrons. The minimum Gasteiger partial charge on any atom is -0.310 e. The van der Waals surface area contributed by atoms with Crippen molar-refractivity contribution in [2.75, 3.05) is 9.80 Å². The van der Waals surface area contributed by atoms with Crippen molar-refractivity contribution >= 4 is 44.9 Å². The highest BCUT2D eigenvalue weighted by Crippen LogP contribution is 2.46. The van der Waals surface area contributed by atoms with E-state index in [2.05, 4.69) is 216 Å². The molecule has 6 aromatic rings. The molecule has 0 aliphatic rings. The Morgan fingerprint density at radius 1 is 0.422 bits per heavy atom. The molecule has 6 rings (SSSR count). The smallest absolute Gasteiger partial charge is 0.0520 e. The third-order valence-electron chi connectivity index (χ3n) is 14.0. The number of benzene rings is 6. The van der Waals surface area contributed by atoms with Crippen LogP contribution in [0.4, 0.5) is 34.1 Å². The van der Waals surface area contributed by atoms with Crippen molar-refractivity contribution in [1.29, 1.82) is 0 Å². The predicted molar refractivity (Wildman–Crippen MR) is 284 cm³/mol. The summed E-state index contributed by atoms with van der Waals surface area (Å²) >= 11 is 0. The van der Waals surface area contributed by atoms with Crippen LogP contribution < -0.4 is 9.80 Å². The van der Waals surface area contributed by atoms with Gasteiger partial charge >= 0.3 is 0 Å². The van der Waals surface area contributed by atoms with Gasteiger partial charge in [-0.15, -0.1) is 0 Å². The minimum atomic E-state index is 0.0633. The summed E-state index contributed by atoms with van der Waals surface area (Å²) in [6.07, 6.45) is 12.0. The fourth-order valence-corrected chi connectivity index (χ4v) is 9.78. The molecule has 6 aromatic carbocycles. The lowest BCUT2D eigenvalue weighted by molar-refractivity contribution is 0.449. The monoisotopic (exact) mass is 855 g/mol. The van der Waals surface area contributed by atoms with Gasteiger partial charge in [0.2, 0.25) is 0 Å². The van der Waals surface area contributed by atoms with Crippen molar-refractivity contribution in [1.82, 2.24) is 0 Å². The Kier molecular flexibility index (Phi) is 16.0. The Morgan fingerprint density at radius 3 is 1.17 bits per heavy atom. The van der Waals surface area contributed by atoms with E-state index in [-0.39, 0.29) is 10.8 Å². The van der Waals surface area contributed by atoms with E-state index in [1.165, 1.54) is 141 Å². The largest absolute Gasteiger partial charge is 0.310 e. The summed E-state index contributed by atoms with van der Waals surface area (Å²) in [6, 6.07) is 42.9. The number of hydrogen-bond donors (Lipinski definition) is 0. The van der Waals surface area contributed by atoms with E-state index < -0.39 is 0 Å². The molecule has 0 aliphatic heterocycles. The van der Waals surface area contributed by atoms with Crippen LogP contribution in [-0.4, -0.2) is 0 Å². The van der Waals surface area contributed by atoms with Gasteiger partial charge in [0.15, 0.2) is 0 Å². The molecule has 0 N–H and O–H groups in total. The van der Waals surface area contributed by atoms with E-state index in [1.54, 1.807) is 0 Å². The Labute approximate surface area is 390 Å². The average molecular weight is 855 g/mol. The third kappa shape index (κ3) is 11.5. The van der Waals surface area contributed by atoms with E-state index >= 15 is 0 Å². The summed E-state index contributed by atoms with van der Waals surface area (Å²) in [5, 5.41) is 2.81. The number of aryl methyl sites for hydroxylation is 4. The summed E-state index contributed by atoms with van der Waals surface area (Å²) in [4.78, 5) is 5.12. The molecule has 0 heterocycles. The fourth-order valence-electron chi connectivity index (χ4n) is 9.78. The highest BCUT2D eigenvalue weighted by molar-refractivity contribution is 5.98. The van der Waals surface area contributed by atoms with Gasteiger partial charge in [0.1, 0.15) is 0 Å². The molecule has 2 atom stereocenters. The van der Waals surface area contributed by atoms with Crippen molar-refractivity contribution in [3.05, 3.63) is 154 Å². The molecule has 0 aliphatic carbocycles. The van der Waals surface area contributed by atoms with E-state index in [0.717, 1.165) is 12.8 Å². The SMILES string of the molecule is CCCCC(CC)Cc1cc(N(c2ccc(C)cc2)c2c(C)cc(C(C)(C)C)cc2C)cc2c(CC(CC)CCCC)cc(N(c3ccc(C)cc3)c3ccc(C(C)(C)C)cc3)cc12. The number of fused-ring (bicyclic) bond motifs is 1. The van der Waals surface area contributed by atoms with Crippen LogP contribution in [0, 0.1) is 39.5 Å². The maximum atomic E-state index is 2.59. The first-order valence-corrected chi connectivity index (χ1v) is 25.0. The first-order valence-electron chi connectivity index (χ1n) is 25.0. The van der Waals surface area contributed by atoms with Crippen LogP contribution in [0.1, 0.15) is 165 Å². The van der Waals surface area contributed by atoms with Crippen molar-refractivity contribution < 1.29 is 0 Å². The number of anilines is 6. The van der Waals surface area contributed by atoms with Crippen molar-refractivity contribution in [3.8, 4) is 0 Å². The second kappa shape index (κ2) is 21.0. The Hall–Kier alpha value is -4.82. The third-order valence-corrected chi connectivity index (χ3v) is 14.0. The number of rotatable bonds is 18. The van der Waals surface area contributed by atoms with E-state index in [4.69, 9.17) is 0 Å². The first-order chi connectivity index (χ1) is 30.4. The summed E-state index contributed by atoms with van der Waals surface area (Å²) in [5.74, 6) is 1.22. The average Bonchev–Trinajstić information content (AvgIpc) is 3.25. The van der Waals surface area contributed by atoms with Gasteiger partial charge in [-0.05, 0) is 168 Å². The molecular formula is C62H82N2. The van der Waals surface area contributed by atoms with Gasteiger partial charge < -0.3 is 9.80 Å². The second-order valence-electron chi connectivity index (χ2n) is 21.4. The van der Waals surface area contributed by atoms with Gasteiger partial charge in [0.05, 0.1) is 5.69 Å². The number of hydrogen-bond acceptors (Lipinski definition) is 2. The van der Waals surface area contributed by atoms with Crippen LogP contribution in [0.25, 0.3) is 10.8 Å². The molecule has 0 spiro atoms. The van der Waals surface area contributed by atoms with E-state index in [1.807, 2.05) is 0 Å². The summed E-state index contributed by atoms with van der Waals surface area (Å²) in [7, 11) is 0. The van der Waals surface area contributed by atoms with Crippen LogP contribution >= 0.6 is 0 Å². The molecule has 0 fully saturated rings. The Morgan fingerprint density at radius 2 is 0.797 bits per heavy atom. The molecule has 0 aromatic heterocycles. The molecular weight excluding hydrogens is 773 g/mol. The maximum absolute atomic E-state index is 2.59. The second-order valence-corrected chi connectivity index (χ2v) is 21.4. The minimum absolute atomic E-state index is 0.0633. The molecule has 0 radical (unpaired) electrons. The normalized spacial score (nSPS) is 13.0. The van der Waals surface area contributed by atoms with Crippen molar-refractivity contribution in [2.24, 2.45) is 11.8 Å². The summed E-state index contributed by atoms with van der Waals surface area (Å²) in [6.45, 7) is 32.4. The van der Waals surface area contributed by atoms with Gasteiger partial charge in [-0.1, -0.05) is 180 Å². The molecule has 0 bridgehead atoms. The Bertz CT molecular complexity index is 2410. The van der Waals surface area contributed by atoms with Gasteiger partial charge in [-0.3, -0.25) is 0 Å². The first kappa shape index (κ1) is 48.6. The highest BCUT2D eigenvalue weighted by atomic mass is 15.2. The van der Waals surface area contributed by atoms with E-state index in [0.29, 0.717) is 11.8 Å². The van der Waals surface area contributed by atoms with Gasteiger partial charge in [0, 0.05) is 28.4 Å². The van der Waals surface area contributed by atoms with Crippen LogP contribution in [0.5, 0.6) is 0 Å². The van der Waals surface area contributed by atoms with Crippen LogP contribution in [-0.2, 0) is 23.7 Å². The topological polar surface area (TPSA) is 6.48 Å². The lowest BCUT2D eigenvalue weighted by Crippen LogP contribution is -2.17. The zero-order valence-corrected chi connectivity index (χ0v) is 42.5. The molecule has 64 heavy (non-hydrogen) atoms. The maximum Gasteiger partial charge on any atom is 0.0520 e. The summed E-state index contributed by atoms with van der Waals surface area (Å²) < 4.78 is 0.